The van der Waals surface area contributed by atoms with Gasteiger partial charge < -0.3 is 10.5 Å². The van der Waals surface area contributed by atoms with Crippen molar-refractivity contribution in [3.8, 4) is 5.75 Å². The topological polar surface area (TPSA) is 81.4 Å². The molecule has 3 N–H and O–H groups in total. The number of halogens is 2. The Kier molecular flexibility index (Phi) is 6.79. The van der Waals surface area contributed by atoms with E-state index in [1.165, 1.54) is 12.5 Å². The molecule has 5 nitrogen and oxygen atoms in total. The molecular weight excluding hydrogens is 371 g/mol. The molecule has 8 heteroatoms. The summed E-state index contributed by atoms with van der Waals surface area (Å²) in [5.74, 6) is 1.32. The maximum atomic E-state index is 12.6. The van der Waals surface area contributed by atoms with Crippen LogP contribution >= 0.6 is 24.0 Å². The molecule has 2 fully saturated rings. The van der Waals surface area contributed by atoms with Crippen LogP contribution in [0.1, 0.15) is 32.1 Å². The molecule has 2 saturated carbocycles. The van der Waals surface area contributed by atoms with E-state index in [4.69, 9.17) is 22.1 Å². The lowest BCUT2D eigenvalue weighted by Crippen LogP contribution is -2.38. The molecule has 0 radical (unpaired) electrons. The summed E-state index contributed by atoms with van der Waals surface area (Å²) in [6, 6.07) is 4.56. The summed E-state index contributed by atoms with van der Waals surface area (Å²) in [6.45, 7) is 0.785. The van der Waals surface area contributed by atoms with Gasteiger partial charge in [0.05, 0.1) is 6.61 Å². The van der Waals surface area contributed by atoms with Crippen LogP contribution in [0.5, 0.6) is 5.75 Å². The van der Waals surface area contributed by atoms with Gasteiger partial charge in [0.2, 0.25) is 10.0 Å². The molecule has 0 aliphatic heterocycles. The third-order valence-corrected chi connectivity index (χ3v) is 6.31. The Morgan fingerprint density at radius 3 is 2.58 bits per heavy atom. The van der Waals surface area contributed by atoms with E-state index in [1.807, 2.05) is 0 Å². The molecule has 136 valence electrons. The largest absolute Gasteiger partial charge is 0.492 e. The maximum Gasteiger partial charge on any atom is 0.244 e. The van der Waals surface area contributed by atoms with Crippen LogP contribution in [-0.4, -0.2) is 27.6 Å². The fourth-order valence-corrected chi connectivity index (χ4v) is 4.13. The maximum absolute atomic E-state index is 12.6. The molecule has 0 spiro atoms. The second-order valence-electron chi connectivity index (χ2n) is 6.55. The van der Waals surface area contributed by atoms with Crippen molar-refractivity contribution in [2.45, 2.75) is 43.0 Å². The van der Waals surface area contributed by atoms with Crippen LogP contribution in [0.3, 0.4) is 0 Å². The van der Waals surface area contributed by atoms with Crippen LogP contribution in [0.15, 0.2) is 23.1 Å². The summed E-state index contributed by atoms with van der Waals surface area (Å²) in [7, 11) is -3.69. The lowest BCUT2D eigenvalue weighted by molar-refractivity contribution is 0.177. The lowest BCUT2D eigenvalue weighted by Gasteiger charge is -2.25. The molecule has 24 heavy (non-hydrogen) atoms. The Bertz CT molecular complexity index is 661. The lowest BCUT2D eigenvalue weighted by atomic mass is 9.86. The van der Waals surface area contributed by atoms with E-state index in [2.05, 4.69) is 4.72 Å². The Morgan fingerprint density at radius 2 is 2.00 bits per heavy atom. The molecule has 1 atom stereocenters. The molecule has 0 saturated heterocycles. The predicted molar refractivity (Wildman–Crippen MR) is 97.4 cm³/mol. The van der Waals surface area contributed by atoms with Crippen molar-refractivity contribution in [3.05, 3.63) is 23.2 Å². The van der Waals surface area contributed by atoms with Gasteiger partial charge in [-0.2, -0.15) is 0 Å². The Hall–Kier alpha value is -0.530. The standard InChI is InChI=1S/C16H23ClN2O3S.ClH/c17-13-6-7-15(22-10-11-2-1-3-11)16(8-13)23(20,21)19-9-14(18)12-4-5-12;/h6-8,11-12,14,19H,1-5,9-10,18H2;1H. The number of sulfonamides is 1. The smallest absolute Gasteiger partial charge is 0.244 e. The summed E-state index contributed by atoms with van der Waals surface area (Å²) < 4.78 is 33.5. The highest BCUT2D eigenvalue weighted by atomic mass is 35.5. The van der Waals surface area contributed by atoms with E-state index in [-0.39, 0.29) is 29.9 Å². The summed E-state index contributed by atoms with van der Waals surface area (Å²) in [4.78, 5) is 0.0901. The zero-order valence-electron chi connectivity index (χ0n) is 13.4. The van der Waals surface area contributed by atoms with Crippen molar-refractivity contribution < 1.29 is 13.2 Å². The number of benzene rings is 1. The minimum Gasteiger partial charge on any atom is -0.492 e. The Balaban J connectivity index is 0.00000208. The van der Waals surface area contributed by atoms with E-state index in [9.17, 15) is 8.42 Å². The van der Waals surface area contributed by atoms with E-state index in [0.29, 0.717) is 29.2 Å². The van der Waals surface area contributed by atoms with Crippen molar-refractivity contribution in [2.24, 2.45) is 17.6 Å². The minimum atomic E-state index is -3.69. The third kappa shape index (κ3) is 4.99. The number of hydrogen-bond donors (Lipinski definition) is 2. The first-order chi connectivity index (χ1) is 11.0. The first-order valence-corrected chi connectivity index (χ1v) is 9.99. The van der Waals surface area contributed by atoms with Crippen LogP contribution in [-0.2, 0) is 10.0 Å². The van der Waals surface area contributed by atoms with Crippen LogP contribution in [0, 0.1) is 11.8 Å². The van der Waals surface area contributed by atoms with Gasteiger partial charge in [-0.3, -0.25) is 0 Å². The Labute approximate surface area is 154 Å². The zero-order valence-corrected chi connectivity index (χ0v) is 15.8. The quantitative estimate of drug-likeness (QED) is 0.709. The number of nitrogens with two attached hydrogens (primary N) is 1. The average Bonchev–Trinajstić information content (AvgIpc) is 3.29. The fourth-order valence-electron chi connectivity index (χ4n) is 2.65. The molecule has 1 unspecified atom stereocenters. The highest BCUT2D eigenvalue weighted by Crippen LogP contribution is 2.33. The fraction of sp³-hybridized carbons (Fsp3) is 0.625. The van der Waals surface area contributed by atoms with Gasteiger partial charge >= 0.3 is 0 Å². The van der Waals surface area contributed by atoms with Gasteiger partial charge in [-0.15, -0.1) is 12.4 Å². The number of rotatable bonds is 8. The van der Waals surface area contributed by atoms with Crippen molar-refractivity contribution >= 4 is 34.0 Å². The van der Waals surface area contributed by atoms with Crippen LogP contribution in [0.25, 0.3) is 0 Å². The SMILES string of the molecule is Cl.NC(CNS(=O)(=O)c1cc(Cl)ccc1OCC1CCC1)C1CC1. The number of nitrogens with one attached hydrogen (secondary N) is 1. The summed E-state index contributed by atoms with van der Waals surface area (Å²) in [5, 5.41) is 0.368. The van der Waals surface area contributed by atoms with Crippen molar-refractivity contribution in [2.75, 3.05) is 13.2 Å². The van der Waals surface area contributed by atoms with Gasteiger partial charge in [-0.1, -0.05) is 18.0 Å². The normalized spacial score (nSPS) is 19.2. The second-order valence-corrected chi connectivity index (χ2v) is 8.72. The molecule has 0 heterocycles. The number of ether oxygens (including phenoxy) is 1. The first-order valence-electron chi connectivity index (χ1n) is 8.13. The highest BCUT2D eigenvalue weighted by molar-refractivity contribution is 7.89. The minimum absolute atomic E-state index is 0. The van der Waals surface area contributed by atoms with Crippen LogP contribution < -0.4 is 15.2 Å². The predicted octanol–water partition coefficient (Wildman–Crippen LogP) is 2.96. The third-order valence-electron chi connectivity index (χ3n) is 4.63. The number of hydrogen-bond acceptors (Lipinski definition) is 4. The van der Waals surface area contributed by atoms with Crippen molar-refractivity contribution in [3.63, 3.8) is 0 Å². The highest BCUT2D eigenvalue weighted by Gasteiger charge is 2.30. The average molecular weight is 395 g/mol. The molecule has 1 aromatic carbocycles. The zero-order chi connectivity index (χ0) is 16.4. The van der Waals surface area contributed by atoms with Gasteiger partial charge in [-0.05, 0) is 55.7 Å². The van der Waals surface area contributed by atoms with Gasteiger partial charge in [0.1, 0.15) is 10.6 Å². The van der Waals surface area contributed by atoms with Gasteiger partial charge in [0.25, 0.3) is 0 Å². The van der Waals surface area contributed by atoms with Crippen molar-refractivity contribution in [1.82, 2.24) is 4.72 Å². The molecule has 2 aliphatic carbocycles. The molecule has 2 aliphatic rings. The van der Waals surface area contributed by atoms with E-state index in [1.54, 1.807) is 12.1 Å². The molecular formula is C16H24Cl2N2O3S. The van der Waals surface area contributed by atoms with Crippen LogP contribution in [0.2, 0.25) is 5.02 Å². The summed E-state index contributed by atoms with van der Waals surface area (Å²) >= 11 is 5.97. The first kappa shape index (κ1) is 19.8. The molecule has 0 amide bonds. The van der Waals surface area contributed by atoms with E-state index < -0.39 is 10.0 Å². The van der Waals surface area contributed by atoms with Gasteiger partial charge in [0.15, 0.2) is 0 Å². The molecule has 3 rings (SSSR count). The Morgan fingerprint density at radius 1 is 1.29 bits per heavy atom. The molecule has 0 aromatic heterocycles. The summed E-state index contributed by atoms with van der Waals surface area (Å²) in [5.41, 5.74) is 5.97. The van der Waals surface area contributed by atoms with Gasteiger partial charge in [-0.25, -0.2) is 13.1 Å². The van der Waals surface area contributed by atoms with Crippen LogP contribution in [0.4, 0.5) is 0 Å². The summed E-state index contributed by atoms with van der Waals surface area (Å²) in [6.07, 6.45) is 5.67. The van der Waals surface area contributed by atoms with E-state index >= 15 is 0 Å². The second kappa shape index (κ2) is 8.23. The van der Waals surface area contributed by atoms with E-state index in [0.717, 1.165) is 25.7 Å². The molecule has 1 aromatic rings. The monoisotopic (exact) mass is 394 g/mol. The van der Waals surface area contributed by atoms with Crippen molar-refractivity contribution in [1.29, 1.82) is 0 Å². The van der Waals surface area contributed by atoms with Gasteiger partial charge in [0, 0.05) is 17.6 Å². The molecule has 0 bridgehead atoms.